The van der Waals surface area contributed by atoms with Crippen LogP contribution in [0.1, 0.15) is 16.8 Å². The summed E-state index contributed by atoms with van der Waals surface area (Å²) in [5.41, 5.74) is 1.38. The molecule has 0 atom stereocenters. The van der Waals surface area contributed by atoms with Crippen LogP contribution >= 0.6 is 0 Å². The third-order valence-corrected chi connectivity index (χ3v) is 3.81. The molecule has 1 heterocycles. The predicted octanol–water partition coefficient (Wildman–Crippen LogP) is 2.82. The lowest BCUT2D eigenvalue weighted by Crippen LogP contribution is -2.21. The molecule has 0 aliphatic heterocycles. The second kappa shape index (κ2) is 6.32. The van der Waals surface area contributed by atoms with Gasteiger partial charge in [0.1, 0.15) is 17.5 Å². The van der Waals surface area contributed by atoms with E-state index in [0.717, 1.165) is 5.56 Å². The molecule has 0 bridgehead atoms. The van der Waals surface area contributed by atoms with Gasteiger partial charge in [-0.2, -0.15) is 5.26 Å². The second-order valence-electron chi connectivity index (χ2n) is 5.23. The Balaban J connectivity index is 2.37. The molecule has 0 unspecified atom stereocenters. The topological polar surface area (TPSA) is 55.0 Å². The summed E-state index contributed by atoms with van der Waals surface area (Å²) in [6.07, 6.45) is 0. The third kappa shape index (κ3) is 2.62. The van der Waals surface area contributed by atoms with Gasteiger partial charge in [-0.1, -0.05) is 30.0 Å². The lowest BCUT2D eigenvalue weighted by Gasteiger charge is -2.09. The van der Waals surface area contributed by atoms with Crippen LogP contribution in [0, 0.1) is 23.2 Å². The summed E-state index contributed by atoms with van der Waals surface area (Å²) in [7, 11) is 3.14. The van der Waals surface area contributed by atoms with Crippen molar-refractivity contribution in [3.8, 4) is 23.7 Å². The normalized spacial score (nSPS) is 9.88. The molecule has 4 nitrogen and oxygen atoms in total. The van der Waals surface area contributed by atoms with Crippen molar-refractivity contribution >= 4 is 10.8 Å². The van der Waals surface area contributed by atoms with E-state index in [4.69, 9.17) is 4.74 Å². The van der Waals surface area contributed by atoms with E-state index in [1.165, 1.54) is 4.57 Å². The molecule has 0 fully saturated rings. The van der Waals surface area contributed by atoms with Crippen molar-refractivity contribution < 1.29 is 4.74 Å². The number of ether oxygens (including phenoxy) is 1. The molecule has 2 aromatic carbocycles. The van der Waals surface area contributed by atoms with Gasteiger partial charge in [0.15, 0.2) is 0 Å². The molecule has 0 spiro atoms. The summed E-state index contributed by atoms with van der Waals surface area (Å²) >= 11 is 0. The van der Waals surface area contributed by atoms with Crippen molar-refractivity contribution in [2.24, 2.45) is 7.05 Å². The highest BCUT2D eigenvalue weighted by Crippen LogP contribution is 2.23. The van der Waals surface area contributed by atoms with Gasteiger partial charge in [-0.15, -0.1) is 0 Å². The third-order valence-electron chi connectivity index (χ3n) is 3.81. The minimum absolute atomic E-state index is 0.227. The number of pyridine rings is 1. The molecular weight excluding hydrogens is 300 g/mol. The molecule has 0 amide bonds. The highest BCUT2D eigenvalue weighted by atomic mass is 16.5. The molecule has 0 aliphatic carbocycles. The van der Waals surface area contributed by atoms with Gasteiger partial charge in [0.05, 0.1) is 12.7 Å². The fraction of sp³-hybridized carbons (Fsp3) is 0.100. The zero-order valence-corrected chi connectivity index (χ0v) is 13.3. The Morgan fingerprint density at radius 3 is 2.46 bits per heavy atom. The minimum atomic E-state index is -0.227. The molecule has 4 heteroatoms. The van der Waals surface area contributed by atoms with Gasteiger partial charge in [0.25, 0.3) is 5.56 Å². The summed E-state index contributed by atoms with van der Waals surface area (Å²) in [4.78, 5) is 12.5. The van der Waals surface area contributed by atoms with Crippen LogP contribution < -0.4 is 10.3 Å². The maximum atomic E-state index is 12.5. The van der Waals surface area contributed by atoms with E-state index < -0.39 is 0 Å². The van der Waals surface area contributed by atoms with Crippen LogP contribution in [0.2, 0.25) is 0 Å². The van der Waals surface area contributed by atoms with Gasteiger partial charge in [-0.3, -0.25) is 4.79 Å². The van der Waals surface area contributed by atoms with E-state index in [1.54, 1.807) is 32.4 Å². The van der Waals surface area contributed by atoms with Crippen LogP contribution in [0.25, 0.3) is 10.8 Å². The number of methoxy groups -OCH3 is 1. The number of fused-ring (bicyclic) bond motifs is 1. The van der Waals surface area contributed by atoms with Gasteiger partial charge in [0, 0.05) is 23.4 Å². The first kappa shape index (κ1) is 15.4. The monoisotopic (exact) mass is 314 g/mol. The lowest BCUT2D eigenvalue weighted by atomic mass is 10.0. The number of hydrogen-bond donors (Lipinski definition) is 0. The van der Waals surface area contributed by atoms with Crippen molar-refractivity contribution in [3.05, 3.63) is 75.7 Å². The van der Waals surface area contributed by atoms with Crippen LogP contribution in [-0.4, -0.2) is 11.7 Å². The van der Waals surface area contributed by atoms with Gasteiger partial charge in [-0.05, 0) is 30.3 Å². The van der Waals surface area contributed by atoms with Crippen molar-refractivity contribution in [1.29, 1.82) is 5.26 Å². The highest BCUT2D eigenvalue weighted by molar-refractivity contribution is 5.90. The zero-order chi connectivity index (χ0) is 17.1. The first-order valence-electron chi connectivity index (χ1n) is 7.33. The highest BCUT2D eigenvalue weighted by Gasteiger charge is 2.14. The number of hydrogen-bond acceptors (Lipinski definition) is 3. The molecular formula is C20H14N2O2. The minimum Gasteiger partial charge on any atom is -0.497 e. The number of nitriles is 1. The number of benzene rings is 2. The SMILES string of the molecule is COc1ccc2c(=O)n(C)c(C#N)c(C#Cc3ccccc3)c2c1. The Morgan fingerprint density at radius 1 is 1.04 bits per heavy atom. The van der Waals surface area contributed by atoms with E-state index >= 15 is 0 Å². The number of nitrogens with zero attached hydrogens (tertiary/aromatic N) is 2. The maximum absolute atomic E-state index is 12.5. The molecule has 24 heavy (non-hydrogen) atoms. The van der Waals surface area contributed by atoms with Crippen LogP contribution in [0.3, 0.4) is 0 Å². The quantitative estimate of drug-likeness (QED) is 0.649. The van der Waals surface area contributed by atoms with Crippen LogP contribution in [0.5, 0.6) is 5.75 Å². The van der Waals surface area contributed by atoms with Gasteiger partial charge in [0.2, 0.25) is 0 Å². The Labute approximate surface area is 139 Å². The number of aromatic nitrogens is 1. The molecule has 3 aromatic rings. The van der Waals surface area contributed by atoms with Gasteiger partial charge >= 0.3 is 0 Å². The zero-order valence-electron chi connectivity index (χ0n) is 13.3. The van der Waals surface area contributed by atoms with Gasteiger partial charge < -0.3 is 9.30 Å². The standard InChI is InChI=1S/C20H14N2O2/c1-22-19(13-21)16(10-8-14-6-4-3-5-7-14)18-12-15(24-2)9-11-17(18)20(22)23/h3-7,9,11-12H,1-2H3. The molecule has 0 N–H and O–H groups in total. The van der Waals surface area contributed by atoms with Crippen molar-refractivity contribution in [2.75, 3.05) is 7.11 Å². The molecule has 0 radical (unpaired) electrons. The van der Waals surface area contributed by atoms with Crippen LogP contribution in [0.15, 0.2) is 53.3 Å². The second-order valence-corrected chi connectivity index (χ2v) is 5.23. The van der Waals surface area contributed by atoms with Gasteiger partial charge in [-0.25, -0.2) is 0 Å². The summed E-state index contributed by atoms with van der Waals surface area (Å²) in [6, 6.07) is 16.8. The summed E-state index contributed by atoms with van der Waals surface area (Å²) in [5, 5.41) is 10.6. The Bertz CT molecular complexity index is 1080. The van der Waals surface area contributed by atoms with E-state index in [2.05, 4.69) is 17.9 Å². The van der Waals surface area contributed by atoms with E-state index in [1.807, 2.05) is 30.3 Å². The summed E-state index contributed by atoms with van der Waals surface area (Å²) < 4.78 is 6.58. The Kier molecular flexibility index (Phi) is 4.05. The van der Waals surface area contributed by atoms with E-state index in [9.17, 15) is 10.1 Å². The largest absolute Gasteiger partial charge is 0.497 e. The molecule has 0 saturated heterocycles. The smallest absolute Gasteiger partial charge is 0.259 e. The predicted molar refractivity (Wildman–Crippen MR) is 92.9 cm³/mol. The van der Waals surface area contributed by atoms with Crippen molar-refractivity contribution in [1.82, 2.24) is 4.57 Å². The maximum Gasteiger partial charge on any atom is 0.259 e. The summed E-state index contributed by atoms with van der Waals surface area (Å²) in [5.74, 6) is 6.72. The first-order valence-corrected chi connectivity index (χ1v) is 7.33. The fourth-order valence-corrected chi connectivity index (χ4v) is 2.53. The van der Waals surface area contributed by atoms with Crippen LogP contribution in [0.4, 0.5) is 0 Å². The average Bonchev–Trinajstić information content (AvgIpc) is 2.63. The molecule has 3 rings (SSSR count). The van der Waals surface area contributed by atoms with E-state index in [0.29, 0.717) is 22.1 Å². The molecule has 0 aliphatic rings. The lowest BCUT2D eigenvalue weighted by molar-refractivity contribution is 0.415. The van der Waals surface area contributed by atoms with Crippen LogP contribution in [-0.2, 0) is 7.05 Å². The molecule has 0 saturated carbocycles. The average molecular weight is 314 g/mol. The van der Waals surface area contributed by atoms with Crippen molar-refractivity contribution in [2.45, 2.75) is 0 Å². The number of rotatable bonds is 1. The fourth-order valence-electron chi connectivity index (χ4n) is 2.53. The first-order chi connectivity index (χ1) is 11.7. The molecule has 116 valence electrons. The molecule has 1 aromatic heterocycles. The van der Waals surface area contributed by atoms with Crippen molar-refractivity contribution in [3.63, 3.8) is 0 Å². The van der Waals surface area contributed by atoms with E-state index in [-0.39, 0.29) is 11.3 Å². The Hall–Kier alpha value is -3.50. The Morgan fingerprint density at radius 2 is 1.79 bits per heavy atom. The summed E-state index contributed by atoms with van der Waals surface area (Å²) in [6.45, 7) is 0.